The Labute approximate surface area is 150 Å². The minimum absolute atomic E-state index is 0.0681. The summed E-state index contributed by atoms with van der Waals surface area (Å²) in [5.74, 6) is 1.12. The van der Waals surface area contributed by atoms with Crippen molar-refractivity contribution in [3.05, 3.63) is 53.8 Å². The van der Waals surface area contributed by atoms with Crippen molar-refractivity contribution < 1.29 is 18.7 Å². The van der Waals surface area contributed by atoms with Crippen molar-refractivity contribution in [3.8, 4) is 11.5 Å². The van der Waals surface area contributed by atoms with Crippen LogP contribution >= 0.6 is 11.8 Å². The molecule has 2 aromatic carbocycles. The summed E-state index contributed by atoms with van der Waals surface area (Å²) in [6.07, 6.45) is 0.860. The second-order valence-electron chi connectivity index (χ2n) is 5.76. The van der Waals surface area contributed by atoms with E-state index < -0.39 is 0 Å². The Hall–Kier alpha value is -2.21. The van der Waals surface area contributed by atoms with Crippen molar-refractivity contribution in [2.75, 3.05) is 13.2 Å². The maximum absolute atomic E-state index is 12.9. The van der Waals surface area contributed by atoms with Gasteiger partial charge in [-0.15, -0.1) is 11.8 Å². The van der Waals surface area contributed by atoms with Gasteiger partial charge in [0.1, 0.15) is 5.82 Å². The Morgan fingerprint density at radius 3 is 2.64 bits per heavy atom. The lowest BCUT2D eigenvalue weighted by Gasteiger charge is -2.14. The molecule has 1 amide bonds. The van der Waals surface area contributed by atoms with Gasteiger partial charge in [0, 0.05) is 17.9 Å². The van der Waals surface area contributed by atoms with Crippen LogP contribution < -0.4 is 14.8 Å². The Morgan fingerprint density at radius 2 is 1.88 bits per heavy atom. The number of carbonyl (C=O) groups excluding carboxylic acids is 1. The van der Waals surface area contributed by atoms with E-state index in [1.165, 1.54) is 23.9 Å². The first-order valence-corrected chi connectivity index (χ1v) is 9.08. The van der Waals surface area contributed by atoms with Crippen molar-refractivity contribution >= 4 is 17.7 Å². The van der Waals surface area contributed by atoms with Gasteiger partial charge >= 0.3 is 0 Å². The zero-order valence-corrected chi connectivity index (χ0v) is 14.8. The number of fused-ring (bicyclic) bond motifs is 1. The quantitative estimate of drug-likeness (QED) is 0.824. The minimum atomic E-state index is -0.284. The summed E-state index contributed by atoms with van der Waals surface area (Å²) in [5.41, 5.74) is 0.863. The summed E-state index contributed by atoms with van der Waals surface area (Å²) in [7, 11) is 0. The molecule has 0 bridgehead atoms. The molecule has 2 aromatic rings. The molecule has 1 N–H and O–H groups in total. The third-order valence-corrected chi connectivity index (χ3v) is 4.87. The highest BCUT2D eigenvalue weighted by Crippen LogP contribution is 2.35. The van der Waals surface area contributed by atoms with Crippen LogP contribution in [-0.2, 0) is 11.3 Å². The van der Waals surface area contributed by atoms with Gasteiger partial charge in [-0.05, 0) is 42.8 Å². The number of nitrogens with one attached hydrogen (secondary N) is 1. The molecule has 1 aliphatic heterocycles. The second-order valence-corrected chi connectivity index (χ2v) is 7.18. The molecule has 0 unspecified atom stereocenters. The molecule has 1 heterocycles. The third kappa shape index (κ3) is 4.89. The first-order chi connectivity index (χ1) is 12.1. The van der Waals surface area contributed by atoms with Crippen LogP contribution in [0.2, 0.25) is 0 Å². The maximum atomic E-state index is 12.9. The molecule has 0 saturated heterocycles. The van der Waals surface area contributed by atoms with Crippen molar-refractivity contribution in [2.24, 2.45) is 0 Å². The van der Waals surface area contributed by atoms with Crippen molar-refractivity contribution in [2.45, 2.75) is 30.0 Å². The molecule has 3 rings (SSSR count). The largest absolute Gasteiger partial charge is 0.490 e. The molecule has 0 aromatic heterocycles. The lowest BCUT2D eigenvalue weighted by molar-refractivity contribution is -0.120. The van der Waals surface area contributed by atoms with Crippen LogP contribution in [0.25, 0.3) is 0 Å². The molecule has 6 heteroatoms. The SMILES string of the molecule is C[C@H](Sc1ccc2c(c1)OCCCO2)C(=O)NCc1ccc(F)cc1. The van der Waals surface area contributed by atoms with Gasteiger partial charge in [-0.3, -0.25) is 4.79 Å². The van der Waals surface area contributed by atoms with Crippen molar-refractivity contribution in [1.82, 2.24) is 5.32 Å². The average molecular weight is 361 g/mol. The molecule has 0 spiro atoms. The fourth-order valence-corrected chi connectivity index (χ4v) is 3.33. The fraction of sp³-hybridized carbons (Fsp3) is 0.316. The lowest BCUT2D eigenvalue weighted by Crippen LogP contribution is -2.30. The van der Waals surface area contributed by atoms with Gasteiger partial charge in [0.2, 0.25) is 5.91 Å². The molecular weight excluding hydrogens is 341 g/mol. The van der Waals surface area contributed by atoms with E-state index in [2.05, 4.69) is 5.32 Å². The first kappa shape index (κ1) is 17.6. The van der Waals surface area contributed by atoms with Gasteiger partial charge in [0.25, 0.3) is 0 Å². The van der Waals surface area contributed by atoms with E-state index >= 15 is 0 Å². The van der Waals surface area contributed by atoms with Crippen LogP contribution in [-0.4, -0.2) is 24.4 Å². The number of hydrogen-bond donors (Lipinski definition) is 1. The number of benzene rings is 2. The van der Waals surface area contributed by atoms with Crippen LogP contribution in [0.5, 0.6) is 11.5 Å². The number of carbonyl (C=O) groups is 1. The highest BCUT2D eigenvalue weighted by molar-refractivity contribution is 8.00. The summed E-state index contributed by atoms with van der Waals surface area (Å²) in [5, 5.41) is 2.61. The van der Waals surface area contributed by atoms with E-state index in [4.69, 9.17) is 9.47 Å². The van der Waals surface area contributed by atoms with E-state index in [-0.39, 0.29) is 17.0 Å². The molecular formula is C19H20FNO3S. The van der Waals surface area contributed by atoms with Gasteiger partial charge in [-0.1, -0.05) is 12.1 Å². The van der Waals surface area contributed by atoms with E-state index in [1.807, 2.05) is 25.1 Å². The number of thioether (sulfide) groups is 1. The minimum Gasteiger partial charge on any atom is -0.490 e. The monoisotopic (exact) mass is 361 g/mol. The van der Waals surface area contributed by atoms with E-state index in [0.29, 0.717) is 19.8 Å². The zero-order valence-electron chi connectivity index (χ0n) is 14.0. The summed E-state index contributed by atoms with van der Waals surface area (Å²) in [6, 6.07) is 11.8. The molecule has 1 aliphatic rings. The van der Waals surface area contributed by atoms with Gasteiger partial charge in [0.15, 0.2) is 11.5 Å². The lowest BCUT2D eigenvalue weighted by atomic mass is 10.2. The fourth-order valence-electron chi connectivity index (χ4n) is 2.41. The molecule has 25 heavy (non-hydrogen) atoms. The molecule has 1 atom stereocenters. The van der Waals surface area contributed by atoms with Crippen molar-refractivity contribution in [3.63, 3.8) is 0 Å². The van der Waals surface area contributed by atoms with Gasteiger partial charge < -0.3 is 14.8 Å². The molecule has 4 nitrogen and oxygen atoms in total. The summed E-state index contributed by atoms with van der Waals surface area (Å²) in [4.78, 5) is 13.2. The Kier molecular flexibility index (Phi) is 5.81. The van der Waals surface area contributed by atoms with Crippen LogP contribution in [0.15, 0.2) is 47.4 Å². The normalized spacial score (nSPS) is 14.5. The van der Waals surface area contributed by atoms with E-state index in [0.717, 1.165) is 28.4 Å². The average Bonchev–Trinajstić information content (AvgIpc) is 2.86. The molecule has 0 saturated carbocycles. The number of halogens is 1. The summed E-state index contributed by atoms with van der Waals surface area (Å²) < 4.78 is 24.2. The third-order valence-electron chi connectivity index (χ3n) is 3.78. The van der Waals surface area contributed by atoms with Crippen LogP contribution in [0.4, 0.5) is 4.39 Å². The molecule has 0 radical (unpaired) electrons. The van der Waals surface area contributed by atoms with Crippen molar-refractivity contribution in [1.29, 1.82) is 0 Å². The zero-order chi connectivity index (χ0) is 17.6. The smallest absolute Gasteiger partial charge is 0.233 e. The Bertz CT molecular complexity index is 736. The Morgan fingerprint density at radius 1 is 1.16 bits per heavy atom. The summed E-state index contributed by atoms with van der Waals surface area (Å²) >= 11 is 1.46. The van der Waals surface area contributed by atoms with Gasteiger partial charge in [0.05, 0.1) is 18.5 Å². The van der Waals surface area contributed by atoms with Crippen LogP contribution in [0.3, 0.4) is 0 Å². The highest BCUT2D eigenvalue weighted by Gasteiger charge is 2.16. The molecule has 0 aliphatic carbocycles. The standard InChI is InChI=1S/C19H20FNO3S/c1-13(19(22)21-12-14-3-5-15(20)6-4-14)25-16-7-8-17-18(11-16)24-10-2-9-23-17/h3-8,11,13H,2,9-10,12H2,1H3,(H,21,22)/t13-/m0/s1. The van der Waals surface area contributed by atoms with Crippen LogP contribution in [0.1, 0.15) is 18.9 Å². The number of ether oxygens (including phenoxy) is 2. The van der Waals surface area contributed by atoms with Gasteiger partial charge in [-0.25, -0.2) is 4.39 Å². The molecule has 132 valence electrons. The molecule has 0 fully saturated rings. The predicted octanol–water partition coefficient (Wildman–Crippen LogP) is 3.78. The summed E-state index contributed by atoms with van der Waals surface area (Å²) in [6.45, 7) is 3.52. The van der Waals surface area contributed by atoms with E-state index in [9.17, 15) is 9.18 Å². The van der Waals surface area contributed by atoms with E-state index in [1.54, 1.807) is 12.1 Å². The predicted molar refractivity (Wildman–Crippen MR) is 95.6 cm³/mol. The number of rotatable bonds is 5. The van der Waals surface area contributed by atoms with Crippen LogP contribution in [0, 0.1) is 5.82 Å². The topological polar surface area (TPSA) is 47.6 Å². The first-order valence-electron chi connectivity index (χ1n) is 8.20. The maximum Gasteiger partial charge on any atom is 0.233 e. The van der Waals surface area contributed by atoms with Gasteiger partial charge in [-0.2, -0.15) is 0 Å². The second kappa shape index (κ2) is 8.25. The Balaban J connectivity index is 1.56. The number of amides is 1. The highest BCUT2D eigenvalue weighted by atomic mass is 32.2. The number of hydrogen-bond acceptors (Lipinski definition) is 4.